The number of carbonyl (C=O) groups excluding carboxylic acids is 2. The Labute approximate surface area is 261 Å². The molecule has 0 aliphatic carbocycles. The van der Waals surface area contributed by atoms with E-state index in [9.17, 15) is 18.0 Å². The van der Waals surface area contributed by atoms with Gasteiger partial charge in [0.05, 0.1) is 20.6 Å². The van der Waals surface area contributed by atoms with Gasteiger partial charge in [-0.1, -0.05) is 90.9 Å². The van der Waals surface area contributed by atoms with Crippen LogP contribution in [0.4, 0.5) is 5.69 Å². The number of unbranched alkanes of at least 4 members (excludes halogenated alkanes) is 1. The number of nitrogens with zero attached hydrogens (tertiary/aromatic N) is 2. The fourth-order valence-corrected chi connectivity index (χ4v) is 6.34. The number of carbonyl (C=O) groups is 2. The Kier molecular flexibility index (Phi) is 12.2. The minimum Gasteiger partial charge on any atom is -0.354 e. The summed E-state index contributed by atoms with van der Waals surface area (Å²) in [4.78, 5) is 28.7. The van der Waals surface area contributed by atoms with Crippen molar-refractivity contribution >= 4 is 73.9 Å². The Morgan fingerprint density at radius 2 is 1.59 bits per heavy atom. The van der Waals surface area contributed by atoms with E-state index >= 15 is 0 Å². The predicted octanol–water partition coefficient (Wildman–Crippen LogP) is 7.22. The van der Waals surface area contributed by atoms with Crippen LogP contribution in [0.25, 0.3) is 0 Å². The fraction of sp³-hybridized carbons (Fsp3) is 0.310. The Morgan fingerprint density at radius 3 is 2.20 bits per heavy atom. The number of hydrogen-bond acceptors (Lipinski definition) is 4. The van der Waals surface area contributed by atoms with E-state index in [0.717, 1.165) is 17.1 Å². The lowest BCUT2D eigenvalue weighted by Crippen LogP contribution is -2.52. The zero-order valence-corrected chi connectivity index (χ0v) is 26.5. The highest BCUT2D eigenvalue weighted by Gasteiger charge is 2.34. The molecule has 0 radical (unpaired) electrons. The molecule has 1 atom stereocenters. The number of anilines is 1. The topological polar surface area (TPSA) is 86.8 Å². The van der Waals surface area contributed by atoms with Crippen LogP contribution in [0.5, 0.6) is 0 Å². The molecule has 0 spiro atoms. The van der Waals surface area contributed by atoms with Crippen LogP contribution in [-0.2, 0) is 26.2 Å². The molecule has 41 heavy (non-hydrogen) atoms. The third-order valence-electron chi connectivity index (χ3n) is 6.37. The van der Waals surface area contributed by atoms with E-state index in [-0.39, 0.29) is 39.5 Å². The maximum Gasteiger partial charge on any atom is 0.264 e. The number of amides is 2. The first kappa shape index (κ1) is 33.0. The molecule has 0 fully saturated rings. The molecule has 0 aliphatic rings. The highest BCUT2D eigenvalue weighted by Crippen LogP contribution is 2.31. The Hall–Kier alpha value is -2.49. The van der Waals surface area contributed by atoms with E-state index in [2.05, 4.69) is 5.32 Å². The molecule has 0 saturated carbocycles. The van der Waals surface area contributed by atoms with Crippen LogP contribution in [0.2, 0.25) is 20.1 Å². The Morgan fingerprint density at radius 1 is 0.878 bits per heavy atom. The fourth-order valence-electron chi connectivity index (χ4n) is 4.15. The van der Waals surface area contributed by atoms with E-state index in [1.807, 2.05) is 6.92 Å². The number of nitrogens with one attached hydrogen (secondary N) is 1. The van der Waals surface area contributed by atoms with E-state index < -0.39 is 28.5 Å². The van der Waals surface area contributed by atoms with Crippen molar-refractivity contribution in [3.05, 3.63) is 92.4 Å². The molecule has 7 nitrogen and oxygen atoms in total. The zero-order valence-electron chi connectivity index (χ0n) is 22.6. The predicted molar refractivity (Wildman–Crippen MR) is 166 cm³/mol. The summed E-state index contributed by atoms with van der Waals surface area (Å²) in [5, 5.41) is 3.97. The van der Waals surface area contributed by atoms with Crippen LogP contribution in [0.1, 0.15) is 38.7 Å². The lowest BCUT2D eigenvalue weighted by molar-refractivity contribution is -0.140. The van der Waals surface area contributed by atoms with Crippen molar-refractivity contribution in [3.63, 3.8) is 0 Å². The zero-order chi connectivity index (χ0) is 30.2. The normalized spacial score (nSPS) is 12.0. The Balaban J connectivity index is 2.07. The maximum atomic E-state index is 14.1. The van der Waals surface area contributed by atoms with Crippen molar-refractivity contribution in [1.29, 1.82) is 0 Å². The van der Waals surface area contributed by atoms with Crippen LogP contribution >= 0.6 is 46.4 Å². The molecule has 0 heterocycles. The minimum atomic E-state index is -4.23. The van der Waals surface area contributed by atoms with Gasteiger partial charge < -0.3 is 10.2 Å². The van der Waals surface area contributed by atoms with E-state index in [4.69, 9.17) is 46.4 Å². The smallest absolute Gasteiger partial charge is 0.264 e. The molecular formula is C29H31Cl4N3O4S. The molecule has 3 rings (SSSR count). The molecule has 1 N–H and O–H groups in total. The van der Waals surface area contributed by atoms with Gasteiger partial charge in [0.15, 0.2) is 0 Å². The van der Waals surface area contributed by atoms with Crippen LogP contribution < -0.4 is 9.62 Å². The van der Waals surface area contributed by atoms with E-state index in [1.165, 1.54) is 35.2 Å². The largest absolute Gasteiger partial charge is 0.354 e. The summed E-state index contributed by atoms with van der Waals surface area (Å²) in [5.41, 5.74) is 0.692. The first-order valence-corrected chi connectivity index (χ1v) is 16.0. The molecule has 12 heteroatoms. The molecular weight excluding hydrogens is 628 g/mol. The van der Waals surface area contributed by atoms with Gasteiger partial charge in [-0.15, -0.1) is 0 Å². The van der Waals surface area contributed by atoms with Crippen LogP contribution in [-0.4, -0.2) is 44.3 Å². The summed E-state index contributed by atoms with van der Waals surface area (Å²) >= 11 is 24.8. The van der Waals surface area contributed by atoms with Crippen molar-refractivity contribution in [2.24, 2.45) is 0 Å². The highest BCUT2D eigenvalue weighted by molar-refractivity contribution is 7.92. The standard InChI is InChI=1S/C29H31Cl4N3O4S/c1-3-5-15-34-29(38)27(4-2)35(18-20-11-12-21(30)16-25(20)32)28(37)19-36(22-13-14-24(31)26(33)17-22)41(39,40)23-9-7-6-8-10-23/h6-14,16-17,27H,3-5,15,18-19H2,1-2H3,(H,34,38). The van der Waals surface area contributed by atoms with Gasteiger partial charge in [-0.3, -0.25) is 13.9 Å². The number of halogens is 4. The Bertz CT molecular complexity index is 1470. The average molecular weight is 659 g/mol. The first-order chi connectivity index (χ1) is 19.5. The van der Waals surface area contributed by atoms with Crippen LogP contribution in [0, 0.1) is 0 Å². The quantitative estimate of drug-likeness (QED) is 0.197. The number of sulfonamides is 1. The lowest BCUT2D eigenvalue weighted by Gasteiger charge is -2.33. The summed E-state index contributed by atoms with van der Waals surface area (Å²) in [6.45, 7) is 3.58. The summed E-state index contributed by atoms with van der Waals surface area (Å²) in [6.07, 6.45) is 1.95. The van der Waals surface area contributed by atoms with Crippen molar-refractivity contribution in [1.82, 2.24) is 10.2 Å². The molecule has 1 unspecified atom stereocenters. The van der Waals surface area contributed by atoms with Gasteiger partial charge in [0.1, 0.15) is 12.6 Å². The molecule has 3 aromatic carbocycles. The summed E-state index contributed by atoms with van der Waals surface area (Å²) in [6, 6.07) is 16.0. The van der Waals surface area contributed by atoms with Crippen molar-refractivity contribution in [2.75, 3.05) is 17.4 Å². The second-order valence-corrected chi connectivity index (χ2v) is 12.8. The molecule has 3 aromatic rings. The van der Waals surface area contributed by atoms with Gasteiger partial charge in [0, 0.05) is 23.1 Å². The molecule has 0 aromatic heterocycles. The van der Waals surface area contributed by atoms with Crippen LogP contribution in [0.3, 0.4) is 0 Å². The number of hydrogen-bond donors (Lipinski definition) is 1. The molecule has 220 valence electrons. The third-order valence-corrected chi connectivity index (χ3v) is 9.49. The first-order valence-electron chi connectivity index (χ1n) is 13.0. The number of benzene rings is 3. The monoisotopic (exact) mass is 657 g/mol. The second-order valence-electron chi connectivity index (χ2n) is 9.25. The summed E-state index contributed by atoms with van der Waals surface area (Å²) in [7, 11) is -4.23. The maximum absolute atomic E-state index is 14.1. The van der Waals surface area contributed by atoms with Crippen molar-refractivity contribution in [2.45, 2.75) is 50.6 Å². The van der Waals surface area contributed by atoms with Gasteiger partial charge >= 0.3 is 0 Å². The summed E-state index contributed by atoms with van der Waals surface area (Å²) < 4.78 is 28.7. The van der Waals surface area contributed by atoms with E-state index in [1.54, 1.807) is 43.3 Å². The van der Waals surface area contributed by atoms with Gasteiger partial charge in [0.25, 0.3) is 10.0 Å². The SMILES string of the molecule is CCCCNC(=O)C(CC)N(Cc1ccc(Cl)cc1Cl)C(=O)CN(c1ccc(Cl)c(Cl)c1)S(=O)(=O)c1ccccc1. The minimum absolute atomic E-state index is 0.0180. The molecule has 0 bridgehead atoms. The lowest BCUT2D eigenvalue weighted by atomic mass is 10.1. The van der Waals surface area contributed by atoms with Crippen LogP contribution in [0.15, 0.2) is 71.6 Å². The van der Waals surface area contributed by atoms with Gasteiger partial charge in [-0.05, 0) is 60.9 Å². The van der Waals surface area contributed by atoms with Crippen molar-refractivity contribution in [3.8, 4) is 0 Å². The highest BCUT2D eigenvalue weighted by atomic mass is 35.5. The van der Waals surface area contributed by atoms with Crippen molar-refractivity contribution < 1.29 is 18.0 Å². The van der Waals surface area contributed by atoms with Gasteiger partial charge in [-0.2, -0.15) is 0 Å². The van der Waals surface area contributed by atoms with Gasteiger partial charge in [0.2, 0.25) is 11.8 Å². The average Bonchev–Trinajstić information content (AvgIpc) is 2.94. The second kappa shape index (κ2) is 15.1. The third kappa shape index (κ3) is 8.52. The molecule has 2 amide bonds. The summed E-state index contributed by atoms with van der Waals surface area (Å²) in [5.74, 6) is -0.953. The van der Waals surface area contributed by atoms with E-state index in [0.29, 0.717) is 22.2 Å². The van der Waals surface area contributed by atoms with Gasteiger partial charge in [-0.25, -0.2) is 8.42 Å². The molecule has 0 aliphatic heterocycles. The number of rotatable bonds is 13. The molecule has 0 saturated heterocycles.